The summed E-state index contributed by atoms with van der Waals surface area (Å²) in [5, 5.41) is 14.7. The maximum Gasteiger partial charge on any atom is 0.226 e. The zero-order valence-electron chi connectivity index (χ0n) is 12.4. The van der Waals surface area contributed by atoms with Gasteiger partial charge in [-0.1, -0.05) is 6.42 Å². The Labute approximate surface area is 124 Å². The van der Waals surface area contributed by atoms with Gasteiger partial charge in [0, 0.05) is 13.1 Å². The van der Waals surface area contributed by atoms with Crippen LogP contribution in [-0.2, 0) is 0 Å². The Bertz CT molecular complexity index is 636. The van der Waals surface area contributed by atoms with E-state index in [2.05, 4.69) is 30.8 Å². The molecule has 2 saturated carbocycles. The van der Waals surface area contributed by atoms with Crippen molar-refractivity contribution in [2.45, 2.75) is 32.6 Å². The number of aromatic nitrogens is 4. The predicted molar refractivity (Wildman–Crippen MR) is 83.3 cm³/mol. The Morgan fingerprint density at radius 2 is 2.19 bits per heavy atom. The van der Waals surface area contributed by atoms with Crippen LogP contribution in [0.4, 0.5) is 11.8 Å². The number of hydrogen-bond acceptors (Lipinski definition) is 5. The van der Waals surface area contributed by atoms with Crippen LogP contribution in [0.25, 0.3) is 11.0 Å². The van der Waals surface area contributed by atoms with E-state index in [0.29, 0.717) is 5.95 Å². The summed E-state index contributed by atoms with van der Waals surface area (Å²) < 4.78 is 0. The third kappa shape index (κ3) is 2.32. The van der Waals surface area contributed by atoms with Gasteiger partial charge in [-0.15, -0.1) is 0 Å². The lowest BCUT2D eigenvalue weighted by molar-refractivity contribution is 0.348. The molecule has 3 unspecified atom stereocenters. The summed E-state index contributed by atoms with van der Waals surface area (Å²) in [5.74, 6) is 4.27. The molecule has 2 fully saturated rings. The summed E-state index contributed by atoms with van der Waals surface area (Å²) in [6, 6.07) is 0. The molecule has 21 heavy (non-hydrogen) atoms. The standard InChI is InChI=1S/C15H22N6/c1-2-16-15-19-13(12-8-18-21-14(12)20-15)17-7-11-6-9-3-4-10(11)5-9/h8-11H,2-7H2,1H3,(H3,16,17,18,19,20,21). The van der Waals surface area contributed by atoms with Gasteiger partial charge >= 0.3 is 0 Å². The molecule has 0 aromatic carbocycles. The average molecular weight is 286 g/mol. The van der Waals surface area contributed by atoms with E-state index < -0.39 is 0 Å². The molecule has 3 atom stereocenters. The van der Waals surface area contributed by atoms with Gasteiger partial charge in [0.15, 0.2) is 5.65 Å². The van der Waals surface area contributed by atoms with E-state index >= 15 is 0 Å². The van der Waals surface area contributed by atoms with Crippen molar-refractivity contribution in [1.29, 1.82) is 0 Å². The Balaban J connectivity index is 1.53. The zero-order valence-corrected chi connectivity index (χ0v) is 12.4. The molecule has 0 aliphatic heterocycles. The number of nitrogens with zero attached hydrogens (tertiary/aromatic N) is 3. The first-order valence-corrected chi connectivity index (χ1v) is 8.02. The van der Waals surface area contributed by atoms with Gasteiger partial charge in [-0.3, -0.25) is 5.10 Å². The first-order chi connectivity index (χ1) is 10.3. The van der Waals surface area contributed by atoms with Gasteiger partial charge in [-0.25, -0.2) is 0 Å². The minimum atomic E-state index is 0.657. The van der Waals surface area contributed by atoms with Gasteiger partial charge in [0.25, 0.3) is 0 Å². The van der Waals surface area contributed by atoms with E-state index in [1.54, 1.807) is 6.20 Å². The molecule has 0 amide bonds. The van der Waals surface area contributed by atoms with Crippen LogP contribution < -0.4 is 10.6 Å². The Morgan fingerprint density at radius 1 is 1.24 bits per heavy atom. The number of aromatic amines is 1. The highest BCUT2D eigenvalue weighted by Gasteiger charge is 2.39. The van der Waals surface area contributed by atoms with Crippen molar-refractivity contribution < 1.29 is 0 Å². The van der Waals surface area contributed by atoms with Crippen LogP contribution >= 0.6 is 0 Å². The number of hydrogen-bond donors (Lipinski definition) is 3. The average Bonchev–Trinajstić information content (AvgIpc) is 3.20. The molecule has 3 N–H and O–H groups in total. The van der Waals surface area contributed by atoms with Crippen LogP contribution in [0.15, 0.2) is 6.20 Å². The van der Waals surface area contributed by atoms with Crippen LogP contribution in [0, 0.1) is 17.8 Å². The van der Waals surface area contributed by atoms with Gasteiger partial charge in [-0.05, 0) is 43.9 Å². The molecule has 2 aliphatic carbocycles. The first-order valence-electron chi connectivity index (χ1n) is 8.02. The Morgan fingerprint density at radius 3 is 2.95 bits per heavy atom. The van der Waals surface area contributed by atoms with Crippen LogP contribution in [0.2, 0.25) is 0 Å². The van der Waals surface area contributed by atoms with Crippen molar-refractivity contribution >= 4 is 22.8 Å². The molecule has 2 aromatic heterocycles. The molecular formula is C15H22N6. The molecule has 112 valence electrons. The molecule has 0 spiro atoms. The molecule has 4 rings (SSSR count). The lowest BCUT2D eigenvalue weighted by Gasteiger charge is -2.22. The van der Waals surface area contributed by atoms with E-state index in [9.17, 15) is 0 Å². The van der Waals surface area contributed by atoms with E-state index in [1.165, 1.54) is 25.7 Å². The van der Waals surface area contributed by atoms with E-state index in [0.717, 1.165) is 47.7 Å². The van der Waals surface area contributed by atoms with Gasteiger partial charge in [0.05, 0.1) is 11.6 Å². The van der Waals surface area contributed by atoms with Crippen molar-refractivity contribution in [3.8, 4) is 0 Å². The minimum Gasteiger partial charge on any atom is -0.369 e. The van der Waals surface area contributed by atoms with Crippen molar-refractivity contribution in [3.05, 3.63) is 6.20 Å². The highest BCUT2D eigenvalue weighted by atomic mass is 15.2. The molecule has 0 radical (unpaired) electrons. The number of anilines is 2. The fraction of sp³-hybridized carbons (Fsp3) is 0.667. The summed E-state index contributed by atoms with van der Waals surface area (Å²) in [7, 11) is 0. The predicted octanol–water partition coefficient (Wildman–Crippen LogP) is 2.63. The van der Waals surface area contributed by atoms with Crippen LogP contribution in [-0.4, -0.2) is 33.3 Å². The lowest BCUT2D eigenvalue weighted by Crippen LogP contribution is -2.21. The monoisotopic (exact) mass is 286 g/mol. The van der Waals surface area contributed by atoms with Crippen molar-refractivity contribution in [3.63, 3.8) is 0 Å². The lowest BCUT2D eigenvalue weighted by atomic mass is 9.89. The molecule has 2 heterocycles. The second kappa shape index (κ2) is 5.16. The summed E-state index contributed by atoms with van der Waals surface area (Å²) in [4.78, 5) is 9.02. The Hall–Kier alpha value is -1.85. The second-order valence-electron chi connectivity index (χ2n) is 6.37. The van der Waals surface area contributed by atoms with Crippen molar-refractivity contribution in [2.75, 3.05) is 23.7 Å². The van der Waals surface area contributed by atoms with Crippen molar-refractivity contribution in [1.82, 2.24) is 20.2 Å². The quantitative estimate of drug-likeness (QED) is 0.787. The van der Waals surface area contributed by atoms with Crippen LogP contribution in [0.5, 0.6) is 0 Å². The SMILES string of the molecule is CCNc1nc(NCC2CC3CCC2C3)c2cn[nH]c2n1. The van der Waals surface area contributed by atoms with Crippen LogP contribution in [0.3, 0.4) is 0 Å². The minimum absolute atomic E-state index is 0.657. The third-order valence-electron chi connectivity index (χ3n) is 5.06. The van der Waals surface area contributed by atoms with E-state index in [-0.39, 0.29) is 0 Å². The fourth-order valence-electron chi connectivity index (χ4n) is 4.06. The first kappa shape index (κ1) is 12.9. The summed E-state index contributed by atoms with van der Waals surface area (Å²) in [6.07, 6.45) is 7.50. The van der Waals surface area contributed by atoms with E-state index in [4.69, 9.17) is 0 Å². The Kier molecular flexibility index (Phi) is 3.16. The number of H-pyrrole nitrogens is 1. The fourth-order valence-corrected chi connectivity index (χ4v) is 4.06. The molecular weight excluding hydrogens is 264 g/mol. The largest absolute Gasteiger partial charge is 0.369 e. The summed E-state index contributed by atoms with van der Waals surface area (Å²) in [5.41, 5.74) is 0.788. The maximum absolute atomic E-state index is 4.59. The smallest absolute Gasteiger partial charge is 0.226 e. The number of nitrogens with one attached hydrogen (secondary N) is 3. The molecule has 6 heteroatoms. The van der Waals surface area contributed by atoms with Crippen molar-refractivity contribution in [2.24, 2.45) is 17.8 Å². The molecule has 2 aliphatic rings. The highest BCUT2D eigenvalue weighted by Crippen LogP contribution is 2.48. The summed E-state index contributed by atoms with van der Waals surface area (Å²) in [6.45, 7) is 3.87. The zero-order chi connectivity index (χ0) is 14.2. The van der Waals surface area contributed by atoms with Gasteiger partial charge in [-0.2, -0.15) is 15.1 Å². The molecule has 2 bridgehead atoms. The van der Waals surface area contributed by atoms with Crippen LogP contribution in [0.1, 0.15) is 32.6 Å². The third-order valence-corrected chi connectivity index (χ3v) is 5.06. The molecule has 6 nitrogen and oxygen atoms in total. The molecule has 0 saturated heterocycles. The number of fused-ring (bicyclic) bond motifs is 3. The second-order valence-corrected chi connectivity index (χ2v) is 6.37. The topological polar surface area (TPSA) is 78.5 Å². The number of rotatable bonds is 5. The van der Waals surface area contributed by atoms with Gasteiger partial charge in [0.2, 0.25) is 5.95 Å². The van der Waals surface area contributed by atoms with E-state index in [1.807, 2.05) is 6.92 Å². The maximum atomic E-state index is 4.59. The highest BCUT2D eigenvalue weighted by molar-refractivity contribution is 5.86. The van der Waals surface area contributed by atoms with Gasteiger partial charge < -0.3 is 10.6 Å². The van der Waals surface area contributed by atoms with Gasteiger partial charge in [0.1, 0.15) is 5.82 Å². The normalized spacial score (nSPS) is 27.4. The summed E-state index contributed by atoms with van der Waals surface area (Å²) >= 11 is 0. The molecule has 2 aromatic rings.